The predicted molar refractivity (Wildman–Crippen MR) is 76.8 cm³/mol. The lowest BCUT2D eigenvalue weighted by Gasteiger charge is -2.06. The Morgan fingerprint density at radius 2 is 1.86 bits per heavy atom. The van der Waals surface area contributed by atoms with Crippen LogP contribution in [0.15, 0.2) is 59.0 Å². The summed E-state index contributed by atoms with van der Waals surface area (Å²) in [6, 6.07) is 15.5. The summed E-state index contributed by atoms with van der Waals surface area (Å²) in [7, 11) is 0. The van der Waals surface area contributed by atoms with E-state index in [2.05, 4.69) is 10.2 Å². The average Bonchev–Trinajstić information content (AvgIpc) is 2.98. The van der Waals surface area contributed by atoms with Gasteiger partial charge in [0.25, 0.3) is 0 Å². The highest BCUT2D eigenvalue weighted by molar-refractivity contribution is 5.52. The van der Waals surface area contributed by atoms with E-state index in [9.17, 15) is 4.39 Å². The maximum absolute atomic E-state index is 13.2. The molecule has 3 aromatic rings. The Kier molecular flexibility index (Phi) is 3.75. The van der Waals surface area contributed by atoms with E-state index in [0.717, 1.165) is 5.56 Å². The van der Waals surface area contributed by atoms with Gasteiger partial charge in [-0.2, -0.15) is 0 Å². The van der Waals surface area contributed by atoms with E-state index < -0.39 is 0 Å². The van der Waals surface area contributed by atoms with Gasteiger partial charge >= 0.3 is 0 Å². The maximum atomic E-state index is 13.2. The van der Waals surface area contributed by atoms with Crippen molar-refractivity contribution in [3.8, 4) is 11.5 Å². The monoisotopic (exact) mass is 283 g/mol. The molecule has 2 N–H and O–H groups in total. The third kappa shape index (κ3) is 3.14. The molecule has 0 saturated carbocycles. The number of benzene rings is 2. The molecule has 0 saturated heterocycles. The van der Waals surface area contributed by atoms with Crippen LogP contribution in [-0.2, 0) is 6.42 Å². The first-order valence-electron chi connectivity index (χ1n) is 6.61. The van der Waals surface area contributed by atoms with Gasteiger partial charge in [0.05, 0.1) is 6.04 Å². The fraction of sp³-hybridized carbons (Fsp3) is 0.125. The molecule has 1 unspecified atom stereocenters. The third-order valence-corrected chi connectivity index (χ3v) is 3.13. The highest BCUT2D eigenvalue weighted by Gasteiger charge is 2.16. The summed E-state index contributed by atoms with van der Waals surface area (Å²) in [6.07, 6.45) is 0.603. The average molecular weight is 283 g/mol. The molecule has 0 bridgehead atoms. The normalized spacial score (nSPS) is 12.3. The summed E-state index contributed by atoms with van der Waals surface area (Å²) in [5, 5.41) is 7.88. The highest BCUT2D eigenvalue weighted by Crippen LogP contribution is 2.22. The van der Waals surface area contributed by atoms with Crippen molar-refractivity contribution in [2.45, 2.75) is 12.5 Å². The van der Waals surface area contributed by atoms with E-state index >= 15 is 0 Å². The van der Waals surface area contributed by atoms with Crippen molar-refractivity contribution in [2.75, 3.05) is 0 Å². The summed E-state index contributed by atoms with van der Waals surface area (Å²) in [5.74, 6) is 0.270. The van der Waals surface area contributed by atoms with Gasteiger partial charge in [-0.05, 0) is 30.2 Å². The summed E-state index contributed by atoms with van der Waals surface area (Å²) in [6.45, 7) is 0. The van der Waals surface area contributed by atoms with E-state index in [4.69, 9.17) is 10.2 Å². The molecule has 106 valence electrons. The van der Waals surface area contributed by atoms with Crippen molar-refractivity contribution in [2.24, 2.45) is 5.73 Å². The quantitative estimate of drug-likeness (QED) is 0.799. The van der Waals surface area contributed by atoms with E-state index in [1.54, 1.807) is 12.1 Å². The van der Waals surface area contributed by atoms with Gasteiger partial charge in [0, 0.05) is 5.56 Å². The number of halogens is 1. The Labute approximate surface area is 121 Å². The molecule has 0 fully saturated rings. The van der Waals surface area contributed by atoms with Gasteiger partial charge in [-0.3, -0.25) is 0 Å². The third-order valence-electron chi connectivity index (χ3n) is 3.13. The van der Waals surface area contributed by atoms with Crippen LogP contribution in [-0.4, -0.2) is 10.2 Å². The summed E-state index contributed by atoms with van der Waals surface area (Å²) >= 11 is 0. The Morgan fingerprint density at radius 3 is 2.62 bits per heavy atom. The van der Waals surface area contributed by atoms with Gasteiger partial charge in [-0.15, -0.1) is 10.2 Å². The zero-order chi connectivity index (χ0) is 14.7. The Balaban J connectivity index is 1.78. The standard InChI is InChI=1S/C16H14FN3O/c17-13-8-4-7-12(10-13)15-19-20-16(21-15)14(18)9-11-5-2-1-3-6-11/h1-8,10,14H,9,18H2. The van der Waals surface area contributed by atoms with Gasteiger partial charge in [-0.1, -0.05) is 36.4 Å². The largest absolute Gasteiger partial charge is 0.419 e. The molecule has 0 amide bonds. The van der Waals surface area contributed by atoms with E-state index in [-0.39, 0.29) is 17.7 Å². The van der Waals surface area contributed by atoms with Crippen LogP contribution in [0.4, 0.5) is 4.39 Å². The SMILES string of the molecule is NC(Cc1ccccc1)c1nnc(-c2cccc(F)c2)o1. The minimum atomic E-state index is -0.387. The second-order valence-corrected chi connectivity index (χ2v) is 4.75. The molecular weight excluding hydrogens is 269 g/mol. The van der Waals surface area contributed by atoms with E-state index in [0.29, 0.717) is 17.9 Å². The molecule has 1 aromatic heterocycles. The molecule has 4 nitrogen and oxygen atoms in total. The van der Waals surface area contributed by atoms with Gasteiger partial charge in [0.15, 0.2) is 0 Å². The van der Waals surface area contributed by atoms with Crippen LogP contribution in [0.2, 0.25) is 0 Å². The molecule has 0 spiro atoms. The second kappa shape index (κ2) is 5.85. The molecule has 5 heteroatoms. The first kappa shape index (κ1) is 13.5. The lowest BCUT2D eigenvalue weighted by molar-refractivity contribution is 0.457. The van der Waals surface area contributed by atoms with Crippen LogP contribution in [0.5, 0.6) is 0 Å². The van der Waals surface area contributed by atoms with E-state index in [1.165, 1.54) is 12.1 Å². The van der Waals surface area contributed by atoms with Gasteiger partial charge < -0.3 is 10.2 Å². The summed E-state index contributed by atoms with van der Waals surface area (Å²) in [5.41, 5.74) is 7.71. The zero-order valence-corrected chi connectivity index (χ0v) is 11.2. The molecule has 0 aliphatic carbocycles. The Morgan fingerprint density at radius 1 is 1.05 bits per heavy atom. The molecule has 1 atom stereocenters. The summed E-state index contributed by atoms with van der Waals surface area (Å²) in [4.78, 5) is 0. The van der Waals surface area contributed by atoms with Crippen molar-refractivity contribution in [3.05, 3.63) is 71.9 Å². The molecule has 0 radical (unpaired) electrons. The first-order valence-corrected chi connectivity index (χ1v) is 6.61. The van der Waals surface area contributed by atoms with Crippen LogP contribution >= 0.6 is 0 Å². The number of hydrogen-bond donors (Lipinski definition) is 1. The predicted octanol–water partition coefficient (Wildman–Crippen LogP) is 3.12. The fourth-order valence-corrected chi connectivity index (χ4v) is 2.08. The first-order chi connectivity index (χ1) is 10.2. The minimum absolute atomic E-state index is 0.271. The van der Waals surface area contributed by atoms with Crippen molar-refractivity contribution in [1.82, 2.24) is 10.2 Å². The van der Waals surface area contributed by atoms with E-state index in [1.807, 2.05) is 30.3 Å². The lowest BCUT2D eigenvalue weighted by Crippen LogP contribution is -2.13. The van der Waals surface area contributed by atoms with Gasteiger partial charge in [0.1, 0.15) is 5.82 Å². The number of aromatic nitrogens is 2. The van der Waals surface area contributed by atoms with Crippen molar-refractivity contribution < 1.29 is 8.81 Å². The minimum Gasteiger partial charge on any atom is -0.419 e. The van der Waals surface area contributed by atoms with Crippen molar-refractivity contribution in [1.29, 1.82) is 0 Å². The maximum Gasteiger partial charge on any atom is 0.247 e. The number of nitrogens with two attached hydrogens (primary N) is 1. The van der Waals surface area contributed by atoms with Gasteiger partial charge in [0.2, 0.25) is 11.8 Å². The molecule has 1 heterocycles. The fourth-order valence-electron chi connectivity index (χ4n) is 2.08. The van der Waals surface area contributed by atoms with Gasteiger partial charge in [-0.25, -0.2) is 4.39 Å². The van der Waals surface area contributed by atoms with Crippen LogP contribution in [0, 0.1) is 5.82 Å². The zero-order valence-electron chi connectivity index (χ0n) is 11.2. The lowest BCUT2D eigenvalue weighted by atomic mass is 10.1. The summed E-state index contributed by atoms with van der Waals surface area (Å²) < 4.78 is 18.7. The Bertz CT molecular complexity index is 727. The van der Waals surface area contributed by atoms with Crippen LogP contribution in [0.25, 0.3) is 11.5 Å². The molecule has 3 rings (SSSR count). The van der Waals surface area contributed by atoms with Crippen molar-refractivity contribution in [3.63, 3.8) is 0 Å². The Hall–Kier alpha value is -2.53. The number of nitrogens with zero attached hydrogens (tertiary/aromatic N) is 2. The molecule has 21 heavy (non-hydrogen) atoms. The van der Waals surface area contributed by atoms with Crippen LogP contribution in [0.1, 0.15) is 17.5 Å². The van der Waals surface area contributed by atoms with Crippen molar-refractivity contribution >= 4 is 0 Å². The topological polar surface area (TPSA) is 64.9 Å². The van der Waals surface area contributed by atoms with Crippen LogP contribution < -0.4 is 5.73 Å². The van der Waals surface area contributed by atoms with Crippen LogP contribution in [0.3, 0.4) is 0 Å². The number of rotatable bonds is 4. The molecule has 0 aliphatic heterocycles. The molecule has 0 aliphatic rings. The second-order valence-electron chi connectivity index (χ2n) is 4.75. The number of hydrogen-bond acceptors (Lipinski definition) is 4. The molecule has 2 aromatic carbocycles. The molecular formula is C16H14FN3O. The smallest absolute Gasteiger partial charge is 0.247 e. The highest BCUT2D eigenvalue weighted by atomic mass is 19.1.